The van der Waals surface area contributed by atoms with Crippen LogP contribution in [-0.4, -0.2) is 36.1 Å². The average Bonchev–Trinajstić information content (AvgIpc) is 3.29. The van der Waals surface area contributed by atoms with Crippen LogP contribution in [0, 0.1) is 17.3 Å². The number of oxime groups is 1. The molecular formula is C28H31N3O6. The molecule has 0 radical (unpaired) electrons. The molecule has 0 unspecified atom stereocenters. The molecule has 2 aromatic carbocycles. The highest BCUT2D eigenvalue weighted by Crippen LogP contribution is 2.38. The van der Waals surface area contributed by atoms with Crippen molar-refractivity contribution >= 4 is 29.5 Å². The number of ether oxygens (including phenoxy) is 1. The van der Waals surface area contributed by atoms with Gasteiger partial charge in [0.05, 0.1) is 0 Å². The van der Waals surface area contributed by atoms with E-state index in [0.29, 0.717) is 11.3 Å². The van der Waals surface area contributed by atoms with Crippen LogP contribution in [0.15, 0.2) is 59.8 Å². The minimum absolute atomic E-state index is 0.0505. The van der Waals surface area contributed by atoms with Gasteiger partial charge in [-0.3, -0.25) is 25.0 Å². The molecule has 194 valence electrons. The molecule has 0 saturated carbocycles. The van der Waals surface area contributed by atoms with Crippen molar-refractivity contribution in [1.29, 1.82) is 0 Å². The van der Waals surface area contributed by atoms with E-state index < -0.39 is 53.8 Å². The van der Waals surface area contributed by atoms with E-state index in [9.17, 15) is 19.2 Å². The number of carbonyl (C=O) groups excluding carboxylic acids is 4. The molecule has 0 bridgehead atoms. The van der Waals surface area contributed by atoms with Crippen molar-refractivity contribution in [3.63, 3.8) is 0 Å². The third kappa shape index (κ3) is 4.85. The fraction of sp³-hybridized carbons (Fsp3) is 0.393. The smallest absolute Gasteiger partial charge is 0.328 e. The Bertz CT molecular complexity index is 1220. The second-order valence-electron chi connectivity index (χ2n) is 10.7. The molecular weight excluding hydrogens is 474 g/mol. The molecule has 4 amide bonds. The minimum Gasteiger partial charge on any atom is -0.463 e. The van der Waals surface area contributed by atoms with Gasteiger partial charge in [0.25, 0.3) is 0 Å². The Morgan fingerprint density at radius 2 is 1.59 bits per heavy atom. The molecule has 0 spiro atoms. The van der Waals surface area contributed by atoms with Gasteiger partial charge in [-0.2, -0.15) is 0 Å². The van der Waals surface area contributed by atoms with Crippen LogP contribution in [0.2, 0.25) is 0 Å². The number of nitrogens with one attached hydrogen (secondary N) is 2. The first kappa shape index (κ1) is 26.1. The second kappa shape index (κ2) is 9.80. The molecule has 2 aliphatic heterocycles. The van der Waals surface area contributed by atoms with E-state index in [-0.39, 0.29) is 5.41 Å². The molecule has 1 saturated heterocycles. The molecule has 9 heteroatoms. The topological polar surface area (TPSA) is 123 Å². The Labute approximate surface area is 215 Å². The lowest BCUT2D eigenvalue weighted by molar-refractivity contribution is -0.162. The van der Waals surface area contributed by atoms with Crippen molar-refractivity contribution in [3.05, 3.63) is 71.3 Å². The molecule has 2 atom stereocenters. The summed E-state index contributed by atoms with van der Waals surface area (Å²) in [6, 6.07) is 16.0. The van der Waals surface area contributed by atoms with Crippen LogP contribution >= 0.6 is 0 Å². The number of imide groups is 2. The molecule has 0 aliphatic carbocycles. The van der Waals surface area contributed by atoms with Crippen molar-refractivity contribution < 1.29 is 28.8 Å². The summed E-state index contributed by atoms with van der Waals surface area (Å²) in [7, 11) is 0. The Morgan fingerprint density at radius 1 is 1.00 bits per heavy atom. The third-order valence-electron chi connectivity index (χ3n) is 6.98. The van der Waals surface area contributed by atoms with Gasteiger partial charge in [0.2, 0.25) is 11.8 Å². The van der Waals surface area contributed by atoms with E-state index in [4.69, 9.17) is 9.57 Å². The zero-order valence-corrected chi connectivity index (χ0v) is 21.5. The van der Waals surface area contributed by atoms with Gasteiger partial charge in [-0.15, -0.1) is 0 Å². The van der Waals surface area contributed by atoms with Crippen molar-refractivity contribution in [3.8, 4) is 0 Å². The van der Waals surface area contributed by atoms with Gasteiger partial charge in [-0.25, -0.2) is 4.79 Å². The van der Waals surface area contributed by atoms with E-state index in [1.165, 1.54) is 0 Å². The average molecular weight is 506 g/mol. The van der Waals surface area contributed by atoms with E-state index in [1.54, 1.807) is 13.8 Å². The number of esters is 1. The predicted octanol–water partition coefficient (Wildman–Crippen LogP) is 3.63. The summed E-state index contributed by atoms with van der Waals surface area (Å²) >= 11 is 0. The largest absolute Gasteiger partial charge is 0.463 e. The van der Waals surface area contributed by atoms with E-state index in [1.807, 2.05) is 54.6 Å². The first-order valence-corrected chi connectivity index (χ1v) is 12.2. The Hall–Kier alpha value is -4.01. The molecule has 2 heterocycles. The Kier molecular flexibility index (Phi) is 6.90. The number of hydrogen-bond acceptors (Lipinski definition) is 7. The number of benzene rings is 2. The normalized spacial score (nSPS) is 21.1. The maximum Gasteiger partial charge on any atom is 0.328 e. The maximum absolute atomic E-state index is 13.6. The summed E-state index contributed by atoms with van der Waals surface area (Å²) in [6.45, 7) is 9.09. The van der Waals surface area contributed by atoms with Crippen molar-refractivity contribution in [2.75, 3.05) is 6.61 Å². The van der Waals surface area contributed by atoms with Gasteiger partial charge >= 0.3 is 12.0 Å². The number of nitrogens with zero attached hydrogens (tertiary/aromatic N) is 1. The molecule has 4 rings (SSSR count). The molecule has 2 N–H and O–H groups in total. The minimum atomic E-state index is -1.75. The summed E-state index contributed by atoms with van der Waals surface area (Å²) in [6.07, 6.45) is -0.753. The summed E-state index contributed by atoms with van der Waals surface area (Å²) in [5, 5.41) is 8.48. The summed E-state index contributed by atoms with van der Waals surface area (Å²) in [5.41, 5.74) is 1.14. The molecule has 9 nitrogen and oxygen atoms in total. The number of barbiturate groups is 1. The number of carbonyl (C=O) groups is 4. The Balaban J connectivity index is 1.64. The molecule has 1 fully saturated rings. The van der Waals surface area contributed by atoms with Gasteiger partial charge in [0.15, 0.2) is 11.5 Å². The first-order chi connectivity index (χ1) is 17.4. The van der Waals surface area contributed by atoms with E-state index in [2.05, 4.69) is 36.6 Å². The highest BCUT2D eigenvalue weighted by molar-refractivity contribution is 6.19. The van der Waals surface area contributed by atoms with Crippen molar-refractivity contribution in [2.45, 2.75) is 46.1 Å². The van der Waals surface area contributed by atoms with Crippen LogP contribution in [0.3, 0.4) is 0 Å². The van der Waals surface area contributed by atoms with E-state index >= 15 is 0 Å². The predicted molar refractivity (Wildman–Crippen MR) is 135 cm³/mol. The number of rotatable bonds is 6. The van der Waals surface area contributed by atoms with Crippen LogP contribution in [0.4, 0.5) is 4.79 Å². The monoisotopic (exact) mass is 505 g/mol. The highest BCUT2D eigenvalue weighted by Gasteiger charge is 2.54. The second-order valence-corrected chi connectivity index (χ2v) is 10.7. The van der Waals surface area contributed by atoms with Gasteiger partial charge in [-0.1, -0.05) is 94.4 Å². The maximum atomic E-state index is 13.6. The van der Waals surface area contributed by atoms with Crippen LogP contribution in [-0.2, 0) is 29.4 Å². The fourth-order valence-corrected chi connectivity index (χ4v) is 4.54. The van der Waals surface area contributed by atoms with Gasteiger partial charge < -0.3 is 9.57 Å². The summed E-state index contributed by atoms with van der Waals surface area (Å²) in [4.78, 5) is 56.5. The number of amides is 4. The molecule has 2 aromatic rings. The first-order valence-electron chi connectivity index (χ1n) is 12.2. The zero-order valence-electron chi connectivity index (χ0n) is 21.5. The zero-order chi connectivity index (χ0) is 27.0. The van der Waals surface area contributed by atoms with Crippen molar-refractivity contribution in [2.24, 2.45) is 22.4 Å². The quantitative estimate of drug-likeness (QED) is 0.457. The van der Waals surface area contributed by atoms with Crippen LogP contribution in [0.25, 0.3) is 0 Å². The van der Waals surface area contributed by atoms with Crippen molar-refractivity contribution in [1.82, 2.24) is 10.6 Å². The third-order valence-corrected chi connectivity index (χ3v) is 6.98. The standard InChI is InChI=1S/C28H31N3O6/c1-16(2)28(24(33)29-26(35)30-25(28)34)15-36-23(32)20-21(17-11-13-19(14-12-17)27(3,4)5)31-37-22(20)18-9-7-6-8-10-18/h6-14,16,20,22H,15H2,1-5H3,(H2,29,30,33,34,35)/t20-,22+/m1/s1. The number of urea groups is 1. The number of hydrogen-bond donors (Lipinski definition) is 2. The molecule has 37 heavy (non-hydrogen) atoms. The summed E-state index contributed by atoms with van der Waals surface area (Å²) < 4.78 is 5.65. The van der Waals surface area contributed by atoms with E-state index in [0.717, 1.165) is 11.1 Å². The van der Waals surface area contributed by atoms with Crippen LogP contribution < -0.4 is 10.6 Å². The SMILES string of the molecule is CC(C)C1(COC(=O)[C@@H]2C(c3ccc(C(C)(C)C)cc3)=NO[C@H]2c2ccccc2)C(=O)NC(=O)NC1=O. The molecule has 0 aromatic heterocycles. The molecule has 2 aliphatic rings. The fourth-order valence-electron chi connectivity index (χ4n) is 4.54. The highest BCUT2D eigenvalue weighted by atomic mass is 16.6. The lowest BCUT2D eigenvalue weighted by Crippen LogP contribution is -2.66. The van der Waals surface area contributed by atoms with Crippen LogP contribution in [0.1, 0.15) is 57.4 Å². The summed E-state index contributed by atoms with van der Waals surface area (Å²) in [5.74, 6) is -3.81. The lowest BCUT2D eigenvalue weighted by Gasteiger charge is -2.36. The Morgan fingerprint density at radius 3 is 2.14 bits per heavy atom. The van der Waals surface area contributed by atoms with Gasteiger partial charge in [0.1, 0.15) is 18.2 Å². The van der Waals surface area contributed by atoms with Crippen LogP contribution in [0.5, 0.6) is 0 Å². The lowest BCUT2D eigenvalue weighted by atomic mass is 9.75. The van der Waals surface area contributed by atoms with Gasteiger partial charge in [0, 0.05) is 5.56 Å². The van der Waals surface area contributed by atoms with Gasteiger partial charge in [-0.05, 0) is 22.5 Å².